The largest absolute Gasteiger partial charge is 0.488 e. The van der Waals surface area contributed by atoms with E-state index in [9.17, 15) is 13.2 Å². The van der Waals surface area contributed by atoms with Gasteiger partial charge in [-0.15, -0.1) is 0 Å². The first-order valence-electron chi connectivity index (χ1n) is 13.5. The van der Waals surface area contributed by atoms with Gasteiger partial charge in [-0.1, -0.05) is 24.3 Å². The minimum atomic E-state index is -4.02. The summed E-state index contributed by atoms with van der Waals surface area (Å²) >= 11 is 0. The van der Waals surface area contributed by atoms with Crippen LogP contribution in [0.3, 0.4) is 0 Å². The Labute approximate surface area is 238 Å². The highest BCUT2D eigenvalue weighted by molar-refractivity contribution is 7.92. The molecule has 1 amide bonds. The zero-order chi connectivity index (χ0) is 28.9. The summed E-state index contributed by atoms with van der Waals surface area (Å²) in [5.74, 6) is -0.755. The lowest BCUT2D eigenvalue weighted by atomic mass is 9.92. The van der Waals surface area contributed by atoms with Crippen LogP contribution in [-0.4, -0.2) is 58.5 Å². The van der Waals surface area contributed by atoms with Gasteiger partial charge in [-0.3, -0.25) is 14.5 Å². The summed E-state index contributed by atoms with van der Waals surface area (Å²) in [5, 5.41) is 0.839. The van der Waals surface area contributed by atoms with Crippen molar-refractivity contribution in [3.05, 3.63) is 78.2 Å². The Morgan fingerprint density at radius 2 is 1.83 bits per heavy atom. The van der Waals surface area contributed by atoms with Crippen molar-refractivity contribution in [3.8, 4) is 16.9 Å². The molecule has 41 heavy (non-hydrogen) atoms. The van der Waals surface area contributed by atoms with E-state index in [4.69, 9.17) is 4.74 Å². The minimum Gasteiger partial charge on any atom is -0.488 e. The molecule has 3 aromatic carbocycles. The number of benzene rings is 3. The molecule has 1 aliphatic heterocycles. The maximum atomic E-state index is 15.7. The fourth-order valence-corrected chi connectivity index (χ4v) is 6.66. The molecule has 1 N–H and O–H groups in total. The highest BCUT2D eigenvalue weighted by atomic mass is 32.2. The second-order valence-corrected chi connectivity index (χ2v) is 12.6. The van der Waals surface area contributed by atoms with E-state index in [1.54, 1.807) is 42.4 Å². The SMILES string of the molecule is CN(C)CCCOc1c(F)cc(-c2ccc3ncc4c(c3c2)C2(CC2)C(=O)N4C)cc1NS(=O)(=O)c1ccccc1. The van der Waals surface area contributed by atoms with Gasteiger partial charge in [0.15, 0.2) is 11.6 Å². The van der Waals surface area contributed by atoms with Gasteiger partial charge in [-0.2, -0.15) is 0 Å². The normalized spacial score (nSPS) is 15.5. The van der Waals surface area contributed by atoms with Gasteiger partial charge in [-0.25, -0.2) is 12.8 Å². The van der Waals surface area contributed by atoms with Crippen molar-refractivity contribution in [1.82, 2.24) is 9.88 Å². The number of sulfonamides is 1. The zero-order valence-electron chi connectivity index (χ0n) is 23.1. The molecular formula is C31H31FN4O4S. The number of hydrogen-bond acceptors (Lipinski definition) is 6. The van der Waals surface area contributed by atoms with Crippen molar-refractivity contribution in [3.63, 3.8) is 0 Å². The number of carbonyl (C=O) groups is 1. The first-order valence-corrected chi connectivity index (χ1v) is 15.0. The summed E-state index contributed by atoms with van der Waals surface area (Å²) < 4.78 is 50.5. The quantitative estimate of drug-likeness (QED) is 0.277. The zero-order valence-corrected chi connectivity index (χ0v) is 24.0. The molecule has 8 nitrogen and oxygen atoms in total. The van der Waals surface area contributed by atoms with Crippen LogP contribution in [0.25, 0.3) is 22.0 Å². The van der Waals surface area contributed by atoms with Crippen LogP contribution in [0, 0.1) is 5.82 Å². The predicted molar refractivity (Wildman–Crippen MR) is 157 cm³/mol. The minimum absolute atomic E-state index is 0.0128. The smallest absolute Gasteiger partial charge is 0.262 e. The number of aromatic nitrogens is 1. The lowest BCUT2D eigenvalue weighted by Gasteiger charge is -2.17. The molecule has 1 fully saturated rings. The lowest BCUT2D eigenvalue weighted by Crippen LogP contribution is -2.28. The van der Waals surface area contributed by atoms with Gasteiger partial charge in [0.2, 0.25) is 5.91 Å². The molecule has 0 unspecified atom stereocenters. The number of amides is 1. The average molecular weight is 575 g/mol. The summed E-state index contributed by atoms with van der Waals surface area (Å²) in [6, 6.07) is 16.4. The van der Waals surface area contributed by atoms with Crippen LogP contribution in [0.1, 0.15) is 24.8 Å². The Bertz CT molecular complexity index is 1770. The van der Waals surface area contributed by atoms with Crippen molar-refractivity contribution in [1.29, 1.82) is 0 Å². The van der Waals surface area contributed by atoms with E-state index in [0.29, 0.717) is 17.5 Å². The summed E-state index contributed by atoms with van der Waals surface area (Å²) in [6.07, 6.45) is 3.94. The van der Waals surface area contributed by atoms with E-state index in [1.807, 2.05) is 37.2 Å². The maximum absolute atomic E-state index is 15.7. The second kappa shape index (κ2) is 10.1. The Morgan fingerprint density at radius 1 is 1.07 bits per heavy atom. The number of likely N-dealkylation sites (N-methyl/N-ethyl adjacent to an activating group) is 1. The van der Waals surface area contributed by atoms with Gasteiger partial charge in [0, 0.05) is 24.5 Å². The van der Waals surface area contributed by atoms with Crippen molar-refractivity contribution < 1.29 is 22.3 Å². The van der Waals surface area contributed by atoms with E-state index in [-0.39, 0.29) is 28.8 Å². The Balaban J connectivity index is 1.43. The number of pyridine rings is 1. The molecule has 2 aliphatic rings. The van der Waals surface area contributed by atoms with Crippen LogP contribution in [-0.2, 0) is 20.2 Å². The van der Waals surface area contributed by atoms with Gasteiger partial charge in [0.05, 0.1) is 40.0 Å². The predicted octanol–water partition coefficient (Wildman–Crippen LogP) is 5.18. The van der Waals surface area contributed by atoms with E-state index >= 15 is 4.39 Å². The molecule has 1 aliphatic carbocycles. The molecule has 10 heteroatoms. The Morgan fingerprint density at radius 3 is 2.54 bits per heavy atom. The Hall–Kier alpha value is -4.02. The first-order chi connectivity index (χ1) is 19.6. The third kappa shape index (κ3) is 4.81. The number of ether oxygens (including phenoxy) is 1. The summed E-state index contributed by atoms with van der Waals surface area (Å²) in [5.41, 5.74) is 3.13. The first kappa shape index (κ1) is 27.2. The fraction of sp³-hybridized carbons (Fsp3) is 0.290. The van der Waals surface area contributed by atoms with Crippen LogP contribution in [0.15, 0.2) is 71.8 Å². The molecule has 1 saturated carbocycles. The lowest BCUT2D eigenvalue weighted by molar-refractivity contribution is -0.119. The van der Waals surface area contributed by atoms with E-state index < -0.39 is 21.3 Å². The van der Waals surface area contributed by atoms with Crippen LogP contribution in [0.4, 0.5) is 15.8 Å². The number of rotatable bonds is 9. The van der Waals surface area contributed by atoms with E-state index in [1.165, 1.54) is 18.2 Å². The summed E-state index contributed by atoms with van der Waals surface area (Å²) in [4.78, 5) is 21.3. The second-order valence-electron chi connectivity index (χ2n) is 11.0. The molecule has 0 saturated heterocycles. The van der Waals surface area contributed by atoms with Crippen LogP contribution < -0.4 is 14.4 Å². The molecule has 212 valence electrons. The summed E-state index contributed by atoms with van der Waals surface area (Å²) in [6.45, 7) is 0.950. The molecule has 0 atom stereocenters. The topological polar surface area (TPSA) is 91.8 Å². The van der Waals surface area contributed by atoms with E-state index in [0.717, 1.165) is 41.5 Å². The number of nitrogens with zero attached hydrogens (tertiary/aromatic N) is 3. The third-order valence-corrected chi connectivity index (χ3v) is 9.20. The fourth-order valence-electron chi connectivity index (χ4n) is 5.59. The third-order valence-electron chi connectivity index (χ3n) is 7.82. The molecule has 6 rings (SSSR count). The molecule has 2 heterocycles. The van der Waals surface area contributed by atoms with Crippen molar-refractivity contribution in [2.45, 2.75) is 29.6 Å². The highest BCUT2D eigenvalue weighted by Crippen LogP contribution is 2.58. The van der Waals surface area contributed by atoms with Crippen LogP contribution >= 0.6 is 0 Å². The van der Waals surface area contributed by atoms with Crippen molar-refractivity contribution in [2.24, 2.45) is 0 Å². The standard InChI is InChI=1S/C31H31FN4O4S/c1-35(2)14-7-15-40-29-24(32)17-21(18-26(29)34-41(38,39)22-8-5-4-6-9-22)20-10-11-25-23(16-20)28-27(19-33-25)36(3)30(37)31(28)12-13-31/h4-6,8-11,16-19,34H,7,12-15H2,1-3H3. The number of hydrogen-bond donors (Lipinski definition) is 1. The number of anilines is 2. The van der Waals surface area contributed by atoms with Gasteiger partial charge < -0.3 is 14.5 Å². The van der Waals surface area contributed by atoms with Gasteiger partial charge in [0.25, 0.3) is 10.0 Å². The van der Waals surface area contributed by atoms with Gasteiger partial charge in [0.1, 0.15) is 0 Å². The monoisotopic (exact) mass is 574 g/mol. The average Bonchev–Trinajstić information content (AvgIpc) is 3.72. The maximum Gasteiger partial charge on any atom is 0.262 e. The molecule has 0 bridgehead atoms. The Kier molecular flexibility index (Phi) is 6.70. The molecule has 1 spiro atoms. The van der Waals surface area contributed by atoms with Crippen LogP contribution in [0.2, 0.25) is 0 Å². The van der Waals surface area contributed by atoms with Crippen molar-refractivity contribution >= 4 is 38.2 Å². The van der Waals surface area contributed by atoms with Gasteiger partial charge >= 0.3 is 0 Å². The molecule has 1 aromatic heterocycles. The van der Waals surface area contributed by atoms with Gasteiger partial charge in [-0.05, 0) is 80.9 Å². The molecule has 4 aromatic rings. The molecular weight excluding hydrogens is 543 g/mol. The number of fused-ring (bicyclic) bond motifs is 4. The number of carbonyl (C=O) groups excluding carboxylic acids is 1. The molecule has 0 radical (unpaired) electrons. The summed E-state index contributed by atoms with van der Waals surface area (Å²) in [7, 11) is 1.62. The number of halogens is 1. The van der Waals surface area contributed by atoms with Crippen molar-refractivity contribution in [2.75, 3.05) is 43.9 Å². The highest BCUT2D eigenvalue weighted by Gasteiger charge is 2.59. The van der Waals surface area contributed by atoms with E-state index in [2.05, 4.69) is 9.71 Å². The number of nitrogens with one attached hydrogen (secondary N) is 1. The van der Waals surface area contributed by atoms with Crippen LogP contribution in [0.5, 0.6) is 5.75 Å².